The van der Waals surface area contributed by atoms with Crippen molar-refractivity contribution in [2.75, 3.05) is 6.54 Å². The van der Waals surface area contributed by atoms with Gasteiger partial charge in [-0.3, -0.25) is 0 Å². The van der Waals surface area contributed by atoms with E-state index in [1.165, 1.54) is 6.42 Å². The molecule has 0 spiro atoms. The van der Waals surface area contributed by atoms with E-state index in [0.29, 0.717) is 6.04 Å². The van der Waals surface area contributed by atoms with Crippen LogP contribution in [-0.2, 0) is 4.79 Å². The normalized spacial score (nSPS) is 11.5. The molecular weight excluding hydrogens is 128 g/mol. The van der Waals surface area contributed by atoms with Crippen molar-refractivity contribution in [2.45, 2.75) is 32.2 Å². The minimum atomic E-state index is 0.349. The molecule has 0 saturated heterocycles. The zero-order valence-electron chi connectivity index (χ0n) is 6.68. The van der Waals surface area contributed by atoms with Gasteiger partial charge in [-0.1, -0.05) is 6.42 Å². The van der Waals surface area contributed by atoms with Gasteiger partial charge in [0, 0.05) is 6.04 Å². The summed E-state index contributed by atoms with van der Waals surface area (Å²) < 4.78 is 0. The topological polar surface area (TPSA) is 69.1 Å². The number of nitrogens with two attached hydrogens (primary N) is 2. The quantitative estimate of drug-likeness (QED) is 0.560. The Balaban J connectivity index is 0. The monoisotopic (exact) mass is 146 g/mol. The van der Waals surface area contributed by atoms with Gasteiger partial charge in [-0.25, -0.2) is 0 Å². The van der Waals surface area contributed by atoms with Crippen molar-refractivity contribution in [3.05, 3.63) is 0 Å². The number of rotatable bonds is 4. The summed E-state index contributed by atoms with van der Waals surface area (Å²) >= 11 is 0. The highest BCUT2D eigenvalue weighted by atomic mass is 16.1. The second-order valence-corrected chi connectivity index (χ2v) is 2.26. The van der Waals surface area contributed by atoms with Crippen LogP contribution in [0.5, 0.6) is 0 Å². The molecule has 0 rings (SSSR count). The highest BCUT2D eigenvalue weighted by Crippen LogP contribution is 1.95. The van der Waals surface area contributed by atoms with Crippen LogP contribution in [-0.4, -0.2) is 19.4 Å². The van der Waals surface area contributed by atoms with E-state index in [1.807, 2.05) is 13.7 Å². The van der Waals surface area contributed by atoms with Gasteiger partial charge >= 0.3 is 0 Å². The maximum Gasteiger partial charge on any atom is 0.106 e. The molecule has 0 radical (unpaired) electrons. The van der Waals surface area contributed by atoms with E-state index in [-0.39, 0.29) is 0 Å². The van der Waals surface area contributed by atoms with Gasteiger partial charge in [-0.15, -0.1) is 0 Å². The van der Waals surface area contributed by atoms with Crippen molar-refractivity contribution in [3.63, 3.8) is 0 Å². The molecule has 0 fully saturated rings. The first-order chi connectivity index (χ1) is 4.77. The SMILES string of the molecule is C=O.CC(N)CCCCN. The fraction of sp³-hybridized carbons (Fsp3) is 0.857. The third kappa shape index (κ3) is 15.6. The molecule has 0 amide bonds. The molecule has 10 heavy (non-hydrogen) atoms. The number of carbonyl (C=O) groups excluding carboxylic acids is 1. The Labute approximate surface area is 62.8 Å². The van der Waals surface area contributed by atoms with E-state index in [9.17, 15) is 0 Å². The fourth-order valence-corrected chi connectivity index (χ4v) is 0.611. The van der Waals surface area contributed by atoms with Gasteiger partial charge in [0.25, 0.3) is 0 Å². The van der Waals surface area contributed by atoms with Crippen LogP contribution >= 0.6 is 0 Å². The summed E-state index contributed by atoms with van der Waals surface area (Å²) in [5.74, 6) is 0. The molecule has 3 heteroatoms. The van der Waals surface area contributed by atoms with Gasteiger partial charge in [0.05, 0.1) is 0 Å². The number of carbonyl (C=O) groups is 1. The van der Waals surface area contributed by atoms with Gasteiger partial charge in [0.15, 0.2) is 0 Å². The van der Waals surface area contributed by atoms with Crippen LogP contribution in [0.1, 0.15) is 26.2 Å². The number of hydrogen-bond acceptors (Lipinski definition) is 3. The van der Waals surface area contributed by atoms with Crippen molar-refractivity contribution in [3.8, 4) is 0 Å². The minimum absolute atomic E-state index is 0.349. The third-order valence-corrected chi connectivity index (χ3v) is 1.11. The lowest BCUT2D eigenvalue weighted by Crippen LogP contribution is -2.14. The summed E-state index contributed by atoms with van der Waals surface area (Å²) in [4.78, 5) is 8.00. The third-order valence-electron chi connectivity index (χ3n) is 1.11. The maximum atomic E-state index is 8.00. The number of unbranched alkanes of at least 4 members (excludes halogenated alkanes) is 1. The standard InChI is InChI=1S/C6H16N2.CH2O/c1-6(8)4-2-3-5-7;1-2/h6H,2-5,7-8H2,1H3;1H2. The van der Waals surface area contributed by atoms with E-state index in [4.69, 9.17) is 16.3 Å². The highest BCUT2D eigenvalue weighted by molar-refractivity contribution is 5.10. The first-order valence-corrected chi connectivity index (χ1v) is 3.52. The molecule has 0 aliphatic carbocycles. The molecule has 0 aromatic heterocycles. The lowest BCUT2D eigenvalue weighted by molar-refractivity contribution is -0.0979. The smallest absolute Gasteiger partial charge is 0.106 e. The Morgan fingerprint density at radius 1 is 1.40 bits per heavy atom. The van der Waals surface area contributed by atoms with Crippen molar-refractivity contribution in [2.24, 2.45) is 11.5 Å². The van der Waals surface area contributed by atoms with E-state index in [2.05, 4.69) is 0 Å². The van der Waals surface area contributed by atoms with Crippen LogP contribution in [0, 0.1) is 0 Å². The summed E-state index contributed by atoms with van der Waals surface area (Å²) in [5.41, 5.74) is 10.8. The maximum absolute atomic E-state index is 8.00. The molecule has 0 heterocycles. The van der Waals surface area contributed by atoms with E-state index in [1.54, 1.807) is 0 Å². The van der Waals surface area contributed by atoms with Gasteiger partial charge in [0.2, 0.25) is 0 Å². The average Bonchev–Trinajstić information content (AvgIpc) is 1.92. The predicted molar refractivity (Wildman–Crippen MR) is 43.7 cm³/mol. The van der Waals surface area contributed by atoms with Crippen LogP contribution < -0.4 is 11.5 Å². The molecule has 0 aliphatic heterocycles. The van der Waals surface area contributed by atoms with E-state index >= 15 is 0 Å². The largest absolute Gasteiger partial charge is 0.330 e. The molecular formula is C7H18N2O. The number of hydrogen-bond donors (Lipinski definition) is 2. The molecule has 0 aromatic rings. The summed E-state index contributed by atoms with van der Waals surface area (Å²) in [6.45, 7) is 4.82. The summed E-state index contributed by atoms with van der Waals surface area (Å²) in [6.07, 6.45) is 3.40. The zero-order chi connectivity index (χ0) is 8.41. The molecule has 1 atom stereocenters. The summed E-state index contributed by atoms with van der Waals surface area (Å²) in [7, 11) is 0. The Kier molecular flexibility index (Phi) is 14.0. The molecule has 0 saturated carbocycles. The lowest BCUT2D eigenvalue weighted by Gasteiger charge is -2.01. The Hall–Kier alpha value is -0.410. The van der Waals surface area contributed by atoms with Crippen LogP contribution in [0.25, 0.3) is 0 Å². The molecule has 4 N–H and O–H groups in total. The molecule has 0 bridgehead atoms. The summed E-state index contributed by atoms with van der Waals surface area (Å²) in [6, 6.07) is 0.349. The summed E-state index contributed by atoms with van der Waals surface area (Å²) in [5, 5.41) is 0. The van der Waals surface area contributed by atoms with Crippen molar-refractivity contribution < 1.29 is 4.79 Å². The zero-order valence-corrected chi connectivity index (χ0v) is 6.68. The molecule has 1 unspecified atom stereocenters. The minimum Gasteiger partial charge on any atom is -0.330 e. The van der Waals surface area contributed by atoms with Crippen LogP contribution in [0.3, 0.4) is 0 Å². The van der Waals surface area contributed by atoms with Gasteiger partial charge < -0.3 is 16.3 Å². The Morgan fingerprint density at radius 3 is 2.20 bits per heavy atom. The van der Waals surface area contributed by atoms with Gasteiger partial charge in [-0.2, -0.15) is 0 Å². The second-order valence-electron chi connectivity index (χ2n) is 2.26. The predicted octanol–water partition coefficient (Wildman–Crippen LogP) is 0.278. The molecule has 0 aliphatic rings. The van der Waals surface area contributed by atoms with E-state index < -0.39 is 0 Å². The van der Waals surface area contributed by atoms with E-state index in [0.717, 1.165) is 19.4 Å². The second kappa shape index (κ2) is 11.4. The van der Waals surface area contributed by atoms with Crippen LogP contribution in [0.4, 0.5) is 0 Å². The van der Waals surface area contributed by atoms with Crippen molar-refractivity contribution >= 4 is 6.79 Å². The molecule has 3 nitrogen and oxygen atoms in total. The van der Waals surface area contributed by atoms with Gasteiger partial charge in [0.1, 0.15) is 6.79 Å². The van der Waals surface area contributed by atoms with Crippen LogP contribution in [0.15, 0.2) is 0 Å². The van der Waals surface area contributed by atoms with Crippen LogP contribution in [0.2, 0.25) is 0 Å². The first-order valence-electron chi connectivity index (χ1n) is 3.52. The highest BCUT2D eigenvalue weighted by Gasteiger charge is 1.90. The Morgan fingerprint density at radius 2 is 1.90 bits per heavy atom. The molecule has 0 aromatic carbocycles. The van der Waals surface area contributed by atoms with Gasteiger partial charge in [-0.05, 0) is 26.3 Å². The first kappa shape index (κ1) is 12.3. The Bertz CT molecular complexity index is 57.6. The molecule has 62 valence electrons. The average molecular weight is 146 g/mol. The van der Waals surface area contributed by atoms with Crippen molar-refractivity contribution in [1.82, 2.24) is 0 Å². The lowest BCUT2D eigenvalue weighted by atomic mass is 10.1. The van der Waals surface area contributed by atoms with Crippen molar-refractivity contribution in [1.29, 1.82) is 0 Å². The fourth-order valence-electron chi connectivity index (χ4n) is 0.611.